The quantitative estimate of drug-likeness (QED) is 0.404. The zero-order valence-electron chi connectivity index (χ0n) is 21.0. The summed E-state index contributed by atoms with van der Waals surface area (Å²) in [4.78, 5) is 6.19. The first kappa shape index (κ1) is 26.8. The first-order valence-corrected chi connectivity index (χ1v) is 14.2. The fraction of sp³-hybridized carbons (Fsp3) is 0.444. The Morgan fingerprint density at radius 3 is 2.61 bits per heavy atom. The lowest BCUT2D eigenvalue weighted by Gasteiger charge is -2.35. The second kappa shape index (κ2) is 10.4. The topological polar surface area (TPSA) is 67.2 Å². The van der Waals surface area contributed by atoms with Crippen LogP contribution < -0.4 is 4.72 Å². The van der Waals surface area contributed by atoms with Crippen LogP contribution in [0.15, 0.2) is 53.9 Å². The van der Waals surface area contributed by atoms with Crippen molar-refractivity contribution in [3.63, 3.8) is 0 Å². The molecule has 11 heteroatoms. The lowest BCUT2D eigenvalue weighted by molar-refractivity contribution is -0.137. The molecule has 2 aromatic carbocycles. The second-order valence-corrected chi connectivity index (χ2v) is 12.0. The Kier molecular flexibility index (Phi) is 7.36. The van der Waals surface area contributed by atoms with Gasteiger partial charge in [0.1, 0.15) is 5.82 Å². The number of rotatable bonds is 9. The van der Waals surface area contributed by atoms with Crippen molar-refractivity contribution >= 4 is 10.0 Å². The maximum atomic E-state index is 15.1. The highest BCUT2D eigenvalue weighted by molar-refractivity contribution is 7.89. The van der Waals surface area contributed by atoms with Gasteiger partial charge < -0.3 is 9.47 Å². The van der Waals surface area contributed by atoms with E-state index in [0.717, 1.165) is 43.2 Å². The standard InChI is InChI=1S/C27H30F4N4O2S/c1-34-16-26(32-17-34)38(36,37)33-7-6-19-13-24-20(14-25(19)28)12-21(15-35-8-3-9-35)23(24)11-18-4-2-5-22(10-18)27(29,30)31/h2,4-5,10,13-14,16-17,21,23,33H,3,6-9,11-12,15H2,1H3. The minimum atomic E-state index is -4.42. The van der Waals surface area contributed by atoms with Gasteiger partial charge in [0, 0.05) is 26.3 Å². The van der Waals surface area contributed by atoms with E-state index in [0.29, 0.717) is 24.0 Å². The number of aromatic nitrogens is 2. The molecule has 38 heavy (non-hydrogen) atoms. The number of fused-ring (bicyclic) bond motifs is 1. The van der Waals surface area contributed by atoms with Gasteiger partial charge in [-0.25, -0.2) is 22.5 Å². The van der Waals surface area contributed by atoms with Crippen molar-refractivity contribution in [3.8, 4) is 0 Å². The number of imidazole rings is 1. The molecule has 2 unspecified atom stereocenters. The fourth-order valence-electron chi connectivity index (χ4n) is 5.49. The predicted molar refractivity (Wildman–Crippen MR) is 135 cm³/mol. The minimum absolute atomic E-state index is 0.00981. The average molecular weight is 551 g/mol. The molecule has 0 spiro atoms. The molecule has 0 saturated carbocycles. The van der Waals surface area contributed by atoms with Gasteiger partial charge in [-0.3, -0.25) is 0 Å². The second-order valence-electron chi connectivity index (χ2n) is 10.3. The van der Waals surface area contributed by atoms with E-state index in [-0.39, 0.29) is 29.8 Å². The Labute approximate surface area is 219 Å². The van der Waals surface area contributed by atoms with Crippen molar-refractivity contribution in [3.05, 3.63) is 82.6 Å². The Bertz CT molecular complexity index is 1420. The van der Waals surface area contributed by atoms with E-state index in [1.807, 2.05) is 0 Å². The maximum absolute atomic E-state index is 15.1. The highest BCUT2D eigenvalue weighted by Gasteiger charge is 2.36. The van der Waals surface area contributed by atoms with E-state index < -0.39 is 27.6 Å². The zero-order valence-corrected chi connectivity index (χ0v) is 21.8. The van der Waals surface area contributed by atoms with Crippen LogP contribution in [0.2, 0.25) is 0 Å². The summed E-state index contributed by atoms with van der Waals surface area (Å²) >= 11 is 0. The lowest BCUT2D eigenvalue weighted by Crippen LogP contribution is -2.41. The SMILES string of the molecule is Cn1cnc(S(=O)(=O)NCCc2cc3c(cc2F)CC(CN2CCC2)C3Cc2cccc(C(F)(F)F)c2)c1. The van der Waals surface area contributed by atoms with Crippen LogP contribution in [0.4, 0.5) is 17.6 Å². The molecule has 1 fully saturated rings. The Morgan fingerprint density at radius 1 is 1.16 bits per heavy atom. The van der Waals surface area contributed by atoms with Gasteiger partial charge in [0.25, 0.3) is 10.0 Å². The Hall–Kier alpha value is -2.76. The molecule has 2 heterocycles. The molecular formula is C27H30F4N4O2S. The van der Waals surface area contributed by atoms with Crippen molar-refractivity contribution in [2.24, 2.45) is 13.0 Å². The first-order chi connectivity index (χ1) is 18.0. The normalized spacial score (nSPS) is 19.9. The van der Waals surface area contributed by atoms with Crippen molar-refractivity contribution in [2.45, 2.75) is 42.8 Å². The smallest absolute Gasteiger partial charge is 0.339 e. The lowest BCUT2D eigenvalue weighted by atomic mass is 9.85. The Morgan fingerprint density at radius 2 is 1.95 bits per heavy atom. The predicted octanol–water partition coefficient (Wildman–Crippen LogP) is 4.30. The van der Waals surface area contributed by atoms with Crippen LogP contribution in [0.3, 0.4) is 0 Å². The molecule has 1 aromatic heterocycles. The molecule has 3 aromatic rings. The number of likely N-dealkylation sites (tertiary alicyclic amines) is 1. The molecule has 2 aliphatic rings. The van der Waals surface area contributed by atoms with Crippen LogP contribution in [-0.4, -0.2) is 49.0 Å². The summed E-state index contributed by atoms with van der Waals surface area (Å²) in [7, 11) is -2.16. The largest absolute Gasteiger partial charge is 0.416 e. The summed E-state index contributed by atoms with van der Waals surface area (Å²) in [5.41, 5.74) is 2.12. The molecule has 1 aliphatic carbocycles. The number of nitrogens with one attached hydrogen (secondary N) is 1. The third-order valence-corrected chi connectivity index (χ3v) is 8.90. The molecule has 0 bridgehead atoms. The summed E-state index contributed by atoms with van der Waals surface area (Å²) in [5.74, 6) is -0.293. The van der Waals surface area contributed by atoms with Crippen LogP contribution in [0.5, 0.6) is 0 Å². The number of hydrogen-bond acceptors (Lipinski definition) is 4. The minimum Gasteiger partial charge on any atom is -0.339 e. The maximum Gasteiger partial charge on any atom is 0.416 e. The fourth-order valence-corrected chi connectivity index (χ4v) is 6.49. The van der Waals surface area contributed by atoms with Crippen molar-refractivity contribution in [1.29, 1.82) is 0 Å². The first-order valence-electron chi connectivity index (χ1n) is 12.7. The third-order valence-electron chi connectivity index (χ3n) is 7.55. The number of hydrogen-bond donors (Lipinski definition) is 1. The van der Waals surface area contributed by atoms with Gasteiger partial charge >= 0.3 is 6.18 Å². The Balaban J connectivity index is 1.37. The number of nitrogens with zero attached hydrogens (tertiary/aromatic N) is 3. The van der Waals surface area contributed by atoms with Crippen LogP contribution in [0, 0.1) is 11.7 Å². The van der Waals surface area contributed by atoms with E-state index in [2.05, 4.69) is 14.6 Å². The highest BCUT2D eigenvalue weighted by Crippen LogP contribution is 2.42. The van der Waals surface area contributed by atoms with Crippen molar-refractivity contribution in [2.75, 3.05) is 26.2 Å². The van der Waals surface area contributed by atoms with Gasteiger partial charge in [-0.2, -0.15) is 13.2 Å². The molecule has 1 N–H and O–H groups in total. The molecule has 6 nitrogen and oxygen atoms in total. The van der Waals surface area contributed by atoms with E-state index in [9.17, 15) is 21.6 Å². The number of halogens is 4. The number of aryl methyl sites for hydroxylation is 1. The zero-order chi connectivity index (χ0) is 27.1. The van der Waals surface area contributed by atoms with Gasteiger partial charge in [-0.05, 0) is 85.0 Å². The van der Waals surface area contributed by atoms with Gasteiger partial charge in [-0.1, -0.05) is 24.3 Å². The summed E-state index contributed by atoms with van der Waals surface area (Å²) in [6, 6.07) is 8.73. The monoisotopic (exact) mass is 550 g/mol. The van der Waals surface area contributed by atoms with Crippen molar-refractivity contribution < 1.29 is 26.0 Å². The molecule has 204 valence electrons. The summed E-state index contributed by atoms with van der Waals surface area (Å²) in [6.45, 7) is 2.81. The van der Waals surface area contributed by atoms with E-state index in [4.69, 9.17) is 0 Å². The average Bonchev–Trinajstić information content (AvgIpc) is 3.40. The highest BCUT2D eigenvalue weighted by atomic mass is 32.2. The molecule has 1 aliphatic heterocycles. The molecule has 1 saturated heterocycles. The summed E-state index contributed by atoms with van der Waals surface area (Å²) in [6.07, 6.45) is 0.708. The molecule has 2 atom stereocenters. The van der Waals surface area contributed by atoms with E-state index in [1.165, 1.54) is 35.3 Å². The van der Waals surface area contributed by atoms with Crippen LogP contribution in [0.1, 0.15) is 40.2 Å². The van der Waals surface area contributed by atoms with Gasteiger partial charge in [0.05, 0.1) is 11.9 Å². The van der Waals surface area contributed by atoms with Crippen LogP contribution >= 0.6 is 0 Å². The van der Waals surface area contributed by atoms with Gasteiger partial charge in [0.15, 0.2) is 5.03 Å². The van der Waals surface area contributed by atoms with Crippen molar-refractivity contribution in [1.82, 2.24) is 19.2 Å². The van der Waals surface area contributed by atoms with Gasteiger partial charge in [0.2, 0.25) is 0 Å². The van der Waals surface area contributed by atoms with E-state index >= 15 is 4.39 Å². The molecule has 5 rings (SSSR count). The summed E-state index contributed by atoms with van der Waals surface area (Å²) in [5, 5.41) is -0.107. The van der Waals surface area contributed by atoms with Crippen LogP contribution in [-0.2, 0) is 42.5 Å². The number of sulfonamides is 1. The molecule has 0 radical (unpaired) electrons. The summed E-state index contributed by atoms with van der Waals surface area (Å²) < 4.78 is 84.0. The van der Waals surface area contributed by atoms with Crippen LogP contribution in [0.25, 0.3) is 0 Å². The van der Waals surface area contributed by atoms with Gasteiger partial charge in [-0.15, -0.1) is 0 Å². The molecular weight excluding hydrogens is 520 g/mol. The number of benzene rings is 2. The van der Waals surface area contributed by atoms with E-state index in [1.54, 1.807) is 19.2 Å². The number of alkyl halides is 3. The molecule has 0 amide bonds. The third kappa shape index (κ3) is 5.79.